The van der Waals surface area contributed by atoms with Crippen LogP contribution >= 0.6 is 11.6 Å². The number of ether oxygens (including phenoxy) is 1. The number of aromatic nitrogens is 3. The Bertz CT molecular complexity index is 1330. The molecule has 0 amide bonds. The van der Waals surface area contributed by atoms with E-state index in [9.17, 15) is 0 Å². The molecule has 2 aliphatic rings. The number of anilines is 1. The second-order valence-corrected chi connectivity index (χ2v) is 9.28. The third kappa shape index (κ3) is 3.88. The lowest BCUT2D eigenvalue weighted by atomic mass is 9.87. The Morgan fingerprint density at radius 3 is 2.94 bits per heavy atom. The number of H-pyrrole nitrogens is 1. The molecule has 2 N–H and O–H groups in total. The number of aromatic amines is 1. The Labute approximate surface area is 198 Å². The van der Waals surface area contributed by atoms with E-state index in [4.69, 9.17) is 16.3 Å². The van der Waals surface area contributed by atoms with E-state index in [1.807, 2.05) is 19.3 Å². The first-order valence-corrected chi connectivity index (χ1v) is 11.8. The standard InChI is InChI=1S/C26H26ClN5O/c1-16-8-20(2-4-28-16)32-6-3-17-9-18(19-11-22-24(27)13-31-26(22)30-12-19)10-21(23(17)14-32)25-15-33-7-5-29-25/h2,4,8-13,25,29H,3,5-7,14-15H2,1H3,(H,30,31)/t25-/m0/s1. The second-order valence-electron chi connectivity index (χ2n) is 8.87. The third-order valence-corrected chi connectivity index (χ3v) is 7.05. The topological polar surface area (TPSA) is 66.1 Å². The minimum absolute atomic E-state index is 0.180. The van der Waals surface area contributed by atoms with E-state index in [1.54, 1.807) is 6.20 Å². The summed E-state index contributed by atoms with van der Waals surface area (Å²) >= 11 is 6.38. The van der Waals surface area contributed by atoms with Crippen LogP contribution in [0.2, 0.25) is 5.02 Å². The Kier molecular flexibility index (Phi) is 5.29. The molecule has 0 spiro atoms. The van der Waals surface area contributed by atoms with Gasteiger partial charge in [-0.2, -0.15) is 0 Å². The van der Waals surface area contributed by atoms with E-state index in [0.29, 0.717) is 11.6 Å². The summed E-state index contributed by atoms with van der Waals surface area (Å²) in [7, 11) is 0. The molecule has 3 aromatic heterocycles. The Hall–Kier alpha value is -2.93. The lowest BCUT2D eigenvalue weighted by Crippen LogP contribution is -2.37. The summed E-state index contributed by atoms with van der Waals surface area (Å²) in [5, 5.41) is 5.32. The molecule has 168 valence electrons. The first-order valence-electron chi connectivity index (χ1n) is 11.4. The van der Waals surface area contributed by atoms with Crippen LogP contribution in [0.4, 0.5) is 5.69 Å². The molecule has 0 unspecified atom stereocenters. The molecule has 2 aliphatic heterocycles. The summed E-state index contributed by atoms with van der Waals surface area (Å²) in [6, 6.07) is 11.2. The lowest BCUT2D eigenvalue weighted by molar-refractivity contribution is 0.0766. The largest absolute Gasteiger partial charge is 0.378 e. The number of nitrogens with zero attached hydrogens (tertiary/aromatic N) is 3. The van der Waals surface area contributed by atoms with Gasteiger partial charge in [0.15, 0.2) is 0 Å². The molecule has 0 aliphatic carbocycles. The zero-order valence-electron chi connectivity index (χ0n) is 18.6. The van der Waals surface area contributed by atoms with Crippen LogP contribution in [0.15, 0.2) is 48.9 Å². The number of halogens is 1. The SMILES string of the molecule is Cc1cc(N2CCc3cc(-c4cnc5[nH]cc(Cl)c5c4)cc([C@@H]4COCCN4)c3C2)ccn1. The number of hydrogen-bond donors (Lipinski definition) is 2. The molecule has 0 bridgehead atoms. The molecule has 5 heterocycles. The van der Waals surface area contributed by atoms with Gasteiger partial charge in [0.25, 0.3) is 0 Å². The van der Waals surface area contributed by atoms with E-state index >= 15 is 0 Å². The van der Waals surface area contributed by atoms with E-state index in [-0.39, 0.29) is 6.04 Å². The number of pyridine rings is 2. The van der Waals surface area contributed by atoms with Crippen LogP contribution in [0.5, 0.6) is 0 Å². The molecule has 1 saturated heterocycles. The highest BCUT2D eigenvalue weighted by atomic mass is 35.5. The summed E-state index contributed by atoms with van der Waals surface area (Å²) in [5.74, 6) is 0. The zero-order valence-corrected chi connectivity index (χ0v) is 19.3. The lowest BCUT2D eigenvalue weighted by Gasteiger charge is -2.35. The van der Waals surface area contributed by atoms with Crippen LogP contribution in [-0.4, -0.2) is 41.3 Å². The summed E-state index contributed by atoms with van der Waals surface area (Å²) in [4.78, 5) is 14.5. The van der Waals surface area contributed by atoms with Crippen molar-refractivity contribution >= 4 is 28.3 Å². The normalized spacial score (nSPS) is 18.5. The molecule has 6 nitrogen and oxygen atoms in total. The first kappa shape index (κ1) is 20.7. The van der Waals surface area contributed by atoms with E-state index in [1.165, 1.54) is 27.9 Å². The number of hydrogen-bond acceptors (Lipinski definition) is 5. The maximum Gasteiger partial charge on any atom is 0.138 e. The minimum Gasteiger partial charge on any atom is -0.378 e. The average molecular weight is 460 g/mol. The van der Waals surface area contributed by atoms with Crippen molar-refractivity contribution in [1.82, 2.24) is 20.3 Å². The number of fused-ring (bicyclic) bond motifs is 2. The Morgan fingerprint density at radius 2 is 2.09 bits per heavy atom. The van der Waals surface area contributed by atoms with Crippen molar-refractivity contribution in [2.45, 2.75) is 25.9 Å². The van der Waals surface area contributed by atoms with Gasteiger partial charge >= 0.3 is 0 Å². The number of rotatable bonds is 3. The third-order valence-electron chi connectivity index (χ3n) is 6.73. The Morgan fingerprint density at radius 1 is 1.15 bits per heavy atom. The molecule has 0 saturated carbocycles. The number of morpholine rings is 1. The van der Waals surface area contributed by atoms with Gasteiger partial charge in [-0.25, -0.2) is 4.98 Å². The van der Waals surface area contributed by atoms with Crippen molar-refractivity contribution < 1.29 is 4.74 Å². The second kappa shape index (κ2) is 8.45. The number of benzene rings is 1. The van der Waals surface area contributed by atoms with Crippen LogP contribution in [0.25, 0.3) is 22.2 Å². The molecule has 1 atom stereocenters. The van der Waals surface area contributed by atoms with Gasteiger partial charge in [0.05, 0.1) is 24.3 Å². The fourth-order valence-electron chi connectivity index (χ4n) is 5.02. The summed E-state index contributed by atoms with van der Waals surface area (Å²) < 4.78 is 5.84. The quantitative estimate of drug-likeness (QED) is 0.460. The molecule has 1 fully saturated rings. The van der Waals surface area contributed by atoms with E-state index < -0.39 is 0 Å². The smallest absolute Gasteiger partial charge is 0.138 e. The molecular weight excluding hydrogens is 434 g/mol. The van der Waals surface area contributed by atoms with Crippen molar-refractivity contribution in [2.24, 2.45) is 0 Å². The highest BCUT2D eigenvalue weighted by Crippen LogP contribution is 2.36. The Balaban J connectivity index is 1.44. The first-order chi connectivity index (χ1) is 16.2. The molecule has 6 rings (SSSR count). The van der Waals surface area contributed by atoms with Crippen molar-refractivity contribution in [3.8, 4) is 11.1 Å². The van der Waals surface area contributed by atoms with Gasteiger partial charge in [0.1, 0.15) is 5.65 Å². The van der Waals surface area contributed by atoms with Crippen LogP contribution in [0, 0.1) is 6.92 Å². The van der Waals surface area contributed by atoms with E-state index in [0.717, 1.165) is 55.0 Å². The predicted molar refractivity (Wildman–Crippen MR) is 132 cm³/mol. The summed E-state index contributed by atoms with van der Waals surface area (Å²) in [6.07, 6.45) is 6.61. The van der Waals surface area contributed by atoms with Crippen LogP contribution in [0.1, 0.15) is 28.4 Å². The molecular formula is C26H26ClN5O. The van der Waals surface area contributed by atoms with E-state index in [2.05, 4.69) is 55.5 Å². The average Bonchev–Trinajstić information content (AvgIpc) is 3.23. The maximum atomic E-state index is 6.38. The van der Waals surface area contributed by atoms with Crippen molar-refractivity contribution in [1.29, 1.82) is 0 Å². The predicted octanol–water partition coefficient (Wildman–Crippen LogP) is 4.81. The van der Waals surface area contributed by atoms with Crippen LogP contribution in [-0.2, 0) is 17.7 Å². The highest BCUT2D eigenvalue weighted by Gasteiger charge is 2.26. The van der Waals surface area contributed by atoms with Crippen molar-refractivity contribution in [2.75, 3.05) is 31.2 Å². The summed E-state index contributed by atoms with van der Waals surface area (Å²) in [6.45, 7) is 6.22. The van der Waals surface area contributed by atoms with Gasteiger partial charge in [0, 0.05) is 60.6 Å². The highest BCUT2D eigenvalue weighted by molar-refractivity contribution is 6.35. The molecule has 7 heteroatoms. The summed E-state index contributed by atoms with van der Waals surface area (Å²) in [5.41, 5.74) is 9.46. The van der Waals surface area contributed by atoms with Gasteiger partial charge < -0.3 is 19.9 Å². The monoisotopic (exact) mass is 459 g/mol. The van der Waals surface area contributed by atoms with Gasteiger partial charge in [0.2, 0.25) is 0 Å². The molecule has 33 heavy (non-hydrogen) atoms. The minimum atomic E-state index is 0.180. The van der Waals surface area contributed by atoms with Crippen LogP contribution < -0.4 is 10.2 Å². The maximum absolute atomic E-state index is 6.38. The van der Waals surface area contributed by atoms with Crippen molar-refractivity contribution in [3.63, 3.8) is 0 Å². The molecule has 0 radical (unpaired) electrons. The molecule has 4 aromatic rings. The fourth-order valence-corrected chi connectivity index (χ4v) is 5.22. The zero-order chi connectivity index (χ0) is 22.4. The van der Waals surface area contributed by atoms with Crippen molar-refractivity contribution in [3.05, 3.63) is 76.3 Å². The van der Waals surface area contributed by atoms with Gasteiger partial charge in [-0.1, -0.05) is 17.7 Å². The molecule has 1 aromatic carbocycles. The van der Waals surface area contributed by atoms with Crippen LogP contribution in [0.3, 0.4) is 0 Å². The van der Waals surface area contributed by atoms with Gasteiger partial charge in [-0.05, 0) is 59.9 Å². The number of nitrogens with one attached hydrogen (secondary N) is 2. The number of aryl methyl sites for hydroxylation is 1. The van der Waals surface area contributed by atoms with Gasteiger partial charge in [-0.3, -0.25) is 4.98 Å². The fraction of sp³-hybridized carbons (Fsp3) is 0.308. The van der Waals surface area contributed by atoms with Gasteiger partial charge in [-0.15, -0.1) is 0 Å².